The summed E-state index contributed by atoms with van der Waals surface area (Å²) in [6.07, 6.45) is 1.52. The fourth-order valence-electron chi connectivity index (χ4n) is 3.37. The van der Waals surface area contributed by atoms with Gasteiger partial charge in [0.05, 0.1) is 17.9 Å². The number of alkyl halides is 2. The molecule has 0 saturated heterocycles. The highest BCUT2D eigenvalue weighted by Gasteiger charge is 2.35. The summed E-state index contributed by atoms with van der Waals surface area (Å²) in [4.78, 5) is 17.5. The second kappa shape index (κ2) is 10.6. The Labute approximate surface area is 211 Å². The minimum Gasteiger partial charge on any atom is -0.485 e. The van der Waals surface area contributed by atoms with Gasteiger partial charge in [0.25, 0.3) is 5.91 Å². The largest absolute Gasteiger partial charge is 0.485 e. The van der Waals surface area contributed by atoms with Crippen molar-refractivity contribution in [2.75, 3.05) is 6.61 Å². The van der Waals surface area contributed by atoms with Crippen LogP contribution in [0.15, 0.2) is 36.5 Å². The molecule has 4 aromatic rings. The van der Waals surface area contributed by atoms with Crippen LogP contribution in [0.5, 0.6) is 5.75 Å². The number of carbonyl (C=O) groups is 1. The molecule has 0 aliphatic rings. The first-order valence-corrected chi connectivity index (χ1v) is 10.2. The zero-order valence-electron chi connectivity index (χ0n) is 18.8. The molecule has 1 atom stereocenters. The first-order valence-electron chi connectivity index (χ1n) is 10.2. The van der Waals surface area contributed by atoms with Crippen LogP contribution in [-0.4, -0.2) is 47.2 Å². The number of aliphatic hydroxyl groups excluding tert-OH is 1. The van der Waals surface area contributed by atoms with E-state index in [9.17, 15) is 27.5 Å². The van der Waals surface area contributed by atoms with E-state index < -0.39 is 42.8 Å². The minimum atomic E-state index is -3.05. The van der Waals surface area contributed by atoms with E-state index in [0.717, 1.165) is 12.1 Å². The van der Waals surface area contributed by atoms with Crippen LogP contribution in [0.3, 0.4) is 0 Å². The monoisotopic (exact) mass is 573 g/mol. The number of aromatic nitrogens is 6. The standard InChI is InChI=1S/C21H19F4N7O3.BrH/c1-11-16(18(34)27-21(2,10-33)19-28-30-32(29-19)20(24)25)31-8-4-7-15(17(31)26-11)35-9-12-13(22)5-3-6-14(12)23;/h3-8,20,33H,9-10H2,1-2H3,(H,27,34);1H/t21-;/m0./s1. The molecule has 10 nitrogen and oxygen atoms in total. The van der Waals surface area contributed by atoms with Crippen molar-refractivity contribution in [2.24, 2.45) is 0 Å². The number of imidazole rings is 1. The van der Waals surface area contributed by atoms with Crippen LogP contribution >= 0.6 is 17.0 Å². The van der Waals surface area contributed by atoms with Crippen molar-refractivity contribution >= 4 is 28.5 Å². The lowest BCUT2D eigenvalue weighted by Crippen LogP contribution is -2.47. The van der Waals surface area contributed by atoms with Gasteiger partial charge in [-0.25, -0.2) is 13.8 Å². The highest BCUT2D eigenvalue weighted by molar-refractivity contribution is 8.93. The highest BCUT2D eigenvalue weighted by Crippen LogP contribution is 2.25. The smallest absolute Gasteiger partial charge is 0.350 e. The van der Waals surface area contributed by atoms with Crippen molar-refractivity contribution in [3.63, 3.8) is 0 Å². The van der Waals surface area contributed by atoms with Crippen molar-refractivity contribution in [3.8, 4) is 5.75 Å². The Morgan fingerprint density at radius 3 is 2.53 bits per heavy atom. The second-order valence-electron chi connectivity index (χ2n) is 7.76. The summed E-state index contributed by atoms with van der Waals surface area (Å²) in [5.41, 5.74) is -1.40. The number of hydrogen-bond acceptors (Lipinski definition) is 7. The predicted octanol–water partition coefficient (Wildman–Crippen LogP) is 3.10. The SMILES string of the molecule is Br.Cc1nc2c(OCc3c(F)cccc3F)cccn2c1C(=O)N[C@@](C)(CO)c1nnn(C(F)F)n1. The number of nitrogens with one attached hydrogen (secondary N) is 1. The maximum absolute atomic E-state index is 13.9. The molecule has 0 spiro atoms. The Morgan fingerprint density at radius 1 is 1.22 bits per heavy atom. The normalized spacial score (nSPS) is 12.9. The fraction of sp³-hybridized carbons (Fsp3) is 0.286. The number of aliphatic hydroxyl groups is 1. The summed E-state index contributed by atoms with van der Waals surface area (Å²) < 4.78 is 60.5. The van der Waals surface area contributed by atoms with E-state index in [1.165, 1.54) is 29.7 Å². The number of amides is 1. The number of tetrazole rings is 1. The van der Waals surface area contributed by atoms with E-state index in [1.54, 1.807) is 13.0 Å². The number of rotatable bonds is 8. The molecule has 0 aliphatic carbocycles. The first-order chi connectivity index (χ1) is 16.6. The van der Waals surface area contributed by atoms with Gasteiger partial charge in [-0.05, 0) is 43.3 Å². The third-order valence-corrected chi connectivity index (χ3v) is 5.24. The van der Waals surface area contributed by atoms with Crippen LogP contribution in [0.25, 0.3) is 5.65 Å². The summed E-state index contributed by atoms with van der Waals surface area (Å²) in [7, 11) is 0. The Kier molecular flexibility index (Phi) is 7.93. The van der Waals surface area contributed by atoms with Gasteiger partial charge in [0.15, 0.2) is 11.4 Å². The number of halogens is 5. The van der Waals surface area contributed by atoms with Crippen LogP contribution in [-0.2, 0) is 12.1 Å². The lowest BCUT2D eigenvalue weighted by molar-refractivity contribution is 0.0386. The molecule has 15 heteroatoms. The topological polar surface area (TPSA) is 119 Å². The van der Waals surface area contributed by atoms with Gasteiger partial charge in [0.1, 0.15) is 29.5 Å². The molecule has 0 fully saturated rings. The van der Waals surface area contributed by atoms with E-state index in [1.807, 2.05) is 0 Å². The van der Waals surface area contributed by atoms with Gasteiger partial charge < -0.3 is 15.2 Å². The van der Waals surface area contributed by atoms with Crippen molar-refractivity contribution in [2.45, 2.75) is 32.5 Å². The van der Waals surface area contributed by atoms with Gasteiger partial charge in [-0.15, -0.1) is 27.2 Å². The molecule has 3 aromatic heterocycles. The number of ether oxygens (including phenoxy) is 1. The summed E-state index contributed by atoms with van der Waals surface area (Å²) in [6, 6.07) is 6.52. The van der Waals surface area contributed by atoms with Crippen LogP contribution in [0.4, 0.5) is 17.6 Å². The quantitative estimate of drug-likeness (QED) is 0.311. The molecule has 0 unspecified atom stereocenters. The third kappa shape index (κ3) is 5.02. The molecule has 2 N–H and O–H groups in total. The molecule has 3 heterocycles. The van der Waals surface area contributed by atoms with Crippen molar-refractivity contribution < 1.29 is 32.2 Å². The maximum atomic E-state index is 13.9. The molecule has 4 rings (SSSR count). The van der Waals surface area contributed by atoms with E-state index in [2.05, 4.69) is 25.7 Å². The molecule has 0 radical (unpaired) electrons. The second-order valence-corrected chi connectivity index (χ2v) is 7.76. The summed E-state index contributed by atoms with van der Waals surface area (Å²) in [6.45, 7) is -1.30. The van der Waals surface area contributed by atoms with Gasteiger partial charge >= 0.3 is 6.55 Å². The molecule has 192 valence electrons. The zero-order valence-corrected chi connectivity index (χ0v) is 20.5. The van der Waals surface area contributed by atoms with Gasteiger partial charge in [-0.3, -0.25) is 9.20 Å². The van der Waals surface area contributed by atoms with E-state index in [-0.39, 0.29) is 56.0 Å². The number of hydrogen-bond donors (Lipinski definition) is 2. The summed E-state index contributed by atoms with van der Waals surface area (Å²) in [5.74, 6) is -2.42. The number of benzene rings is 1. The van der Waals surface area contributed by atoms with Crippen LogP contribution < -0.4 is 10.1 Å². The van der Waals surface area contributed by atoms with Gasteiger partial charge in [0.2, 0.25) is 5.82 Å². The third-order valence-electron chi connectivity index (χ3n) is 5.24. The Morgan fingerprint density at radius 2 is 1.92 bits per heavy atom. The van der Waals surface area contributed by atoms with Crippen molar-refractivity contribution in [1.29, 1.82) is 0 Å². The Hall–Kier alpha value is -3.59. The number of aryl methyl sites for hydroxylation is 1. The number of nitrogens with zero attached hydrogens (tertiary/aromatic N) is 6. The fourth-order valence-corrected chi connectivity index (χ4v) is 3.37. The average molecular weight is 574 g/mol. The van der Waals surface area contributed by atoms with Gasteiger partial charge in [-0.2, -0.15) is 8.78 Å². The number of fused-ring (bicyclic) bond motifs is 1. The van der Waals surface area contributed by atoms with Gasteiger partial charge in [0, 0.05) is 6.20 Å². The van der Waals surface area contributed by atoms with Crippen molar-refractivity contribution in [3.05, 3.63) is 70.9 Å². The molecule has 36 heavy (non-hydrogen) atoms. The van der Waals surface area contributed by atoms with Gasteiger partial charge in [-0.1, -0.05) is 10.9 Å². The molecule has 1 aromatic carbocycles. The summed E-state index contributed by atoms with van der Waals surface area (Å²) >= 11 is 0. The predicted molar refractivity (Wildman–Crippen MR) is 122 cm³/mol. The first kappa shape index (κ1) is 27.0. The van der Waals surface area contributed by atoms with Crippen LogP contribution in [0.1, 0.15) is 41.0 Å². The van der Waals surface area contributed by atoms with Crippen LogP contribution in [0, 0.1) is 18.6 Å². The zero-order chi connectivity index (χ0) is 25.3. The van der Waals surface area contributed by atoms with E-state index in [0.29, 0.717) is 0 Å². The minimum absolute atomic E-state index is 0. The lowest BCUT2D eigenvalue weighted by atomic mass is 10.0. The highest BCUT2D eigenvalue weighted by atomic mass is 79.9. The van der Waals surface area contributed by atoms with Crippen molar-refractivity contribution in [1.82, 2.24) is 34.9 Å². The molecular formula is C21H20BrF4N7O3. The average Bonchev–Trinajstić information content (AvgIpc) is 3.44. The lowest BCUT2D eigenvalue weighted by Gasteiger charge is -2.25. The van der Waals surface area contributed by atoms with E-state index in [4.69, 9.17) is 4.74 Å². The molecular weight excluding hydrogens is 554 g/mol. The molecule has 0 saturated carbocycles. The summed E-state index contributed by atoms with van der Waals surface area (Å²) in [5, 5.41) is 22.6. The Balaban J connectivity index is 0.00000361. The number of carbonyl (C=O) groups excluding carboxylic acids is 1. The maximum Gasteiger partial charge on any atom is 0.350 e. The van der Waals surface area contributed by atoms with Crippen LogP contribution in [0.2, 0.25) is 0 Å². The van der Waals surface area contributed by atoms with E-state index >= 15 is 0 Å². The molecule has 0 aliphatic heterocycles. The molecule has 1 amide bonds. The number of pyridine rings is 1. The molecule has 0 bridgehead atoms. The Bertz CT molecular complexity index is 1380.